The first kappa shape index (κ1) is 18.1. The summed E-state index contributed by atoms with van der Waals surface area (Å²) in [7, 11) is 2.74. The minimum Gasteiger partial charge on any atom is -0.493 e. The Bertz CT molecular complexity index is 830. The van der Waals surface area contributed by atoms with Crippen molar-refractivity contribution >= 4 is 11.7 Å². The summed E-state index contributed by atoms with van der Waals surface area (Å²) >= 11 is 0. The average molecular weight is 344 g/mol. The molecule has 1 unspecified atom stereocenters. The highest BCUT2D eigenvalue weighted by atomic mass is 19.1. The fourth-order valence-corrected chi connectivity index (χ4v) is 2.39. The Hall–Kier alpha value is -3.27. The quantitative estimate of drug-likeness (QED) is 0.836. The molecule has 1 atom stereocenters. The summed E-state index contributed by atoms with van der Waals surface area (Å²) in [6.07, 6.45) is 0. The van der Waals surface area contributed by atoms with E-state index in [9.17, 15) is 14.3 Å². The molecule has 2 aromatic rings. The van der Waals surface area contributed by atoms with Gasteiger partial charge in [-0.25, -0.2) is 9.18 Å². The van der Waals surface area contributed by atoms with E-state index in [0.717, 1.165) is 6.07 Å². The summed E-state index contributed by atoms with van der Waals surface area (Å²) in [5.74, 6) is -1.64. The SMILES string of the molecule is COc1cc(F)c(C(C)(Nc2ccc(C#N)cc2)C(=O)O)cc1OC. The van der Waals surface area contributed by atoms with E-state index in [1.165, 1.54) is 39.3 Å². The monoisotopic (exact) mass is 344 g/mol. The van der Waals surface area contributed by atoms with E-state index < -0.39 is 17.3 Å². The lowest BCUT2D eigenvalue weighted by molar-refractivity contribution is -0.142. The van der Waals surface area contributed by atoms with Crippen LogP contribution in [0.15, 0.2) is 36.4 Å². The van der Waals surface area contributed by atoms with Gasteiger partial charge < -0.3 is 19.9 Å². The zero-order chi connectivity index (χ0) is 18.6. The summed E-state index contributed by atoms with van der Waals surface area (Å²) in [5.41, 5.74) is -1.02. The summed E-state index contributed by atoms with van der Waals surface area (Å²) in [5, 5.41) is 21.3. The van der Waals surface area contributed by atoms with Crippen molar-refractivity contribution < 1.29 is 23.8 Å². The second-order valence-corrected chi connectivity index (χ2v) is 5.43. The number of methoxy groups -OCH3 is 2. The van der Waals surface area contributed by atoms with Crippen molar-refractivity contribution in [3.63, 3.8) is 0 Å². The van der Waals surface area contributed by atoms with Gasteiger partial charge in [-0.2, -0.15) is 5.26 Å². The van der Waals surface area contributed by atoms with E-state index in [-0.39, 0.29) is 17.1 Å². The summed E-state index contributed by atoms with van der Waals surface area (Å²) < 4.78 is 24.7. The van der Waals surface area contributed by atoms with E-state index in [0.29, 0.717) is 11.3 Å². The van der Waals surface area contributed by atoms with Gasteiger partial charge in [0.15, 0.2) is 17.0 Å². The molecule has 0 bridgehead atoms. The summed E-state index contributed by atoms with van der Waals surface area (Å²) in [6.45, 7) is 1.35. The van der Waals surface area contributed by atoms with Crippen molar-refractivity contribution in [1.82, 2.24) is 0 Å². The average Bonchev–Trinajstić information content (AvgIpc) is 2.61. The predicted octanol–water partition coefficient (Wildman–Crippen LogP) is 3.13. The smallest absolute Gasteiger partial charge is 0.333 e. The number of aliphatic carboxylic acids is 1. The molecule has 0 radical (unpaired) electrons. The van der Waals surface area contributed by atoms with Crippen LogP contribution in [0.25, 0.3) is 0 Å². The van der Waals surface area contributed by atoms with Crippen LogP contribution in [0, 0.1) is 17.1 Å². The Morgan fingerprint density at radius 1 is 1.20 bits per heavy atom. The van der Waals surface area contributed by atoms with Crippen molar-refractivity contribution in [2.75, 3.05) is 19.5 Å². The normalized spacial score (nSPS) is 12.6. The number of rotatable bonds is 6. The van der Waals surface area contributed by atoms with Gasteiger partial charge in [0.05, 0.1) is 25.9 Å². The van der Waals surface area contributed by atoms with Crippen molar-refractivity contribution in [3.05, 3.63) is 53.3 Å². The van der Waals surface area contributed by atoms with E-state index in [1.807, 2.05) is 6.07 Å². The third-order valence-corrected chi connectivity index (χ3v) is 3.85. The van der Waals surface area contributed by atoms with Gasteiger partial charge in [-0.15, -0.1) is 0 Å². The van der Waals surface area contributed by atoms with E-state index >= 15 is 0 Å². The van der Waals surface area contributed by atoms with Crippen molar-refractivity contribution in [1.29, 1.82) is 5.26 Å². The molecule has 25 heavy (non-hydrogen) atoms. The Labute approximate surface area is 144 Å². The zero-order valence-corrected chi connectivity index (χ0v) is 14.0. The maximum absolute atomic E-state index is 14.5. The van der Waals surface area contributed by atoms with Gasteiger partial charge in [0.1, 0.15) is 5.82 Å². The van der Waals surface area contributed by atoms with Gasteiger partial charge >= 0.3 is 5.97 Å². The molecule has 0 aliphatic carbocycles. The first-order valence-corrected chi connectivity index (χ1v) is 7.29. The molecule has 7 heteroatoms. The highest BCUT2D eigenvalue weighted by Crippen LogP contribution is 2.36. The molecule has 0 spiro atoms. The van der Waals surface area contributed by atoms with E-state index in [2.05, 4.69) is 5.32 Å². The lowest BCUT2D eigenvalue weighted by Gasteiger charge is -2.29. The number of nitrogens with one attached hydrogen (secondary N) is 1. The Morgan fingerprint density at radius 2 is 1.76 bits per heavy atom. The third kappa shape index (κ3) is 3.48. The number of carboxylic acids is 1. The lowest BCUT2D eigenvalue weighted by Crippen LogP contribution is -2.41. The van der Waals surface area contributed by atoms with Crippen LogP contribution in [-0.2, 0) is 10.3 Å². The van der Waals surface area contributed by atoms with Gasteiger partial charge in [-0.3, -0.25) is 0 Å². The van der Waals surface area contributed by atoms with Gasteiger partial charge in [-0.05, 0) is 37.3 Å². The zero-order valence-electron chi connectivity index (χ0n) is 14.0. The molecular formula is C18H17FN2O4. The highest BCUT2D eigenvalue weighted by Gasteiger charge is 2.38. The number of carboxylic acid groups (broad SMARTS) is 1. The van der Waals surface area contributed by atoms with Gasteiger partial charge in [-0.1, -0.05) is 0 Å². The number of hydrogen-bond acceptors (Lipinski definition) is 5. The van der Waals surface area contributed by atoms with Crippen LogP contribution in [0.2, 0.25) is 0 Å². The lowest BCUT2D eigenvalue weighted by atomic mass is 9.90. The van der Waals surface area contributed by atoms with Crippen LogP contribution in [0.3, 0.4) is 0 Å². The molecular weight excluding hydrogens is 327 g/mol. The standard InChI is InChI=1S/C18H17FN2O4/c1-18(17(22)23,21-12-6-4-11(10-20)5-7-12)13-8-15(24-2)16(25-3)9-14(13)19/h4-9,21H,1-3H3,(H,22,23). The topological polar surface area (TPSA) is 91.6 Å². The maximum atomic E-state index is 14.5. The van der Waals surface area contributed by atoms with Crippen LogP contribution in [0.4, 0.5) is 10.1 Å². The van der Waals surface area contributed by atoms with Crippen LogP contribution < -0.4 is 14.8 Å². The van der Waals surface area contributed by atoms with Gasteiger partial charge in [0.25, 0.3) is 0 Å². The number of anilines is 1. The molecule has 0 saturated heterocycles. The van der Waals surface area contributed by atoms with E-state index in [1.54, 1.807) is 12.1 Å². The third-order valence-electron chi connectivity index (χ3n) is 3.85. The molecule has 0 fully saturated rings. The second-order valence-electron chi connectivity index (χ2n) is 5.43. The molecule has 0 saturated carbocycles. The molecule has 2 rings (SSSR count). The van der Waals surface area contributed by atoms with Crippen LogP contribution in [-0.4, -0.2) is 25.3 Å². The summed E-state index contributed by atoms with van der Waals surface area (Å²) in [6, 6.07) is 10.5. The number of nitrogens with zero attached hydrogens (tertiary/aromatic N) is 1. The number of hydrogen-bond donors (Lipinski definition) is 2. The molecule has 0 aromatic heterocycles. The maximum Gasteiger partial charge on any atom is 0.333 e. The van der Waals surface area contributed by atoms with Crippen LogP contribution >= 0.6 is 0 Å². The predicted molar refractivity (Wildman–Crippen MR) is 89.3 cm³/mol. The largest absolute Gasteiger partial charge is 0.493 e. The first-order valence-electron chi connectivity index (χ1n) is 7.29. The molecule has 0 amide bonds. The van der Waals surface area contributed by atoms with Gasteiger partial charge in [0, 0.05) is 17.3 Å². The summed E-state index contributed by atoms with van der Waals surface area (Å²) in [4.78, 5) is 11.9. The van der Waals surface area contributed by atoms with Crippen molar-refractivity contribution in [3.8, 4) is 17.6 Å². The highest BCUT2D eigenvalue weighted by molar-refractivity contribution is 5.84. The molecule has 2 N–H and O–H groups in total. The molecule has 0 aliphatic rings. The fourth-order valence-electron chi connectivity index (χ4n) is 2.39. The Kier molecular flexibility index (Phi) is 5.13. The van der Waals surface area contributed by atoms with Crippen molar-refractivity contribution in [2.45, 2.75) is 12.5 Å². The van der Waals surface area contributed by atoms with Crippen LogP contribution in [0.1, 0.15) is 18.1 Å². The fraction of sp³-hybridized carbons (Fsp3) is 0.222. The van der Waals surface area contributed by atoms with E-state index in [4.69, 9.17) is 14.7 Å². The number of nitriles is 1. The van der Waals surface area contributed by atoms with Crippen molar-refractivity contribution in [2.24, 2.45) is 0 Å². The minimum absolute atomic E-state index is 0.109. The number of benzene rings is 2. The first-order chi connectivity index (χ1) is 11.8. The number of carbonyl (C=O) groups is 1. The van der Waals surface area contributed by atoms with Gasteiger partial charge in [0.2, 0.25) is 0 Å². The minimum atomic E-state index is -1.77. The second kappa shape index (κ2) is 7.09. The Morgan fingerprint density at radius 3 is 2.24 bits per heavy atom. The molecule has 0 aliphatic heterocycles. The molecule has 6 nitrogen and oxygen atoms in total. The van der Waals surface area contributed by atoms with Crippen LogP contribution in [0.5, 0.6) is 11.5 Å². The molecule has 2 aromatic carbocycles. The Balaban J connectivity index is 2.52. The number of halogens is 1. The molecule has 130 valence electrons. The number of ether oxygens (including phenoxy) is 2. The molecule has 0 heterocycles.